The Bertz CT molecular complexity index is 108. The fourth-order valence-electron chi connectivity index (χ4n) is 1.62. The van der Waals surface area contributed by atoms with Gasteiger partial charge in [0.1, 0.15) is 0 Å². The molecule has 0 spiro atoms. The maximum Gasteiger partial charge on any atom is 0.0940 e. The summed E-state index contributed by atoms with van der Waals surface area (Å²) in [6, 6.07) is -0.106. The quantitative estimate of drug-likeness (QED) is 0.628. The fourth-order valence-corrected chi connectivity index (χ4v) is 1.62. The number of halogens is 2. The molecule has 3 unspecified atom stereocenters. The minimum atomic E-state index is -0.463. The van der Waals surface area contributed by atoms with E-state index in [1.807, 2.05) is 0 Å². The highest BCUT2D eigenvalue weighted by molar-refractivity contribution is 4.86. The van der Waals surface area contributed by atoms with Crippen molar-refractivity contribution in [2.75, 3.05) is 13.3 Å². The average molecular weight is 149 g/mol. The number of alkyl halides is 2. The lowest BCUT2D eigenvalue weighted by molar-refractivity contribution is 0.235. The molecule has 1 nitrogen and oxygen atoms in total. The lowest BCUT2D eigenvalue weighted by Crippen LogP contribution is -2.29. The molecule has 1 aliphatic carbocycles. The molecule has 3 heteroatoms. The van der Waals surface area contributed by atoms with Gasteiger partial charge in [-0.3, -0.25) is 8.78 Å². The Morgan fingerprint density at radius 3 is 2.30 bits per heavy atom. The fraction of sp³-hybridized carbons (Fsp3) is 1.00. The van der Waals surface area contributed by atoms with E-state index < -0.39 is 13.3 Å². The lowest BCUT2D eigenvalue weighted by atomic mass is 9.97. The molecule has 1 fully saturated rings. The van der Waals surface area contributed by atoms with Crippen LogP contribution in [0, 0.1) is 11.8 Å². The highest BCUT2D eigenvalue weighted by Crippen LogP contribution is 2.31. The van der Waals surface area contributed by atoms with Crippen LogP contribution in [0.15, 0.2) is 0 Å². The van der Waals surface area contributed by atoms with Gasteiger partial charge in [0.15, 0.2) is 0 Å². The van der Waals surface area contributed by atoms with E-state index >= 15 is 0 Å². The highest BCUT2D eigenvalue weighted by atomic mass is 19.1. The molecular formula is C7H13F2N. The monoisotopic (exact) mass is 149 g/mol. The maximum atomic E-state index is 12.1. The second-order valence-corrected chi connectivity index (χ2v) is 2.97. The summed E-state index contributed by atoms with van der Waals surface area (Å²) in [5.74, 6) is -0.329. The Kier molecular flexibility index (Phi) is 2.60. The number of hydrogen-bond donors (Lipinski definition) is 1. The van der Waals surface area contributed by atoms with E-state index in [1.165, 1.54) is 0 Å². The zero-order chi connectivity index (χ0) is 7.56. The van der Waals surface area contributed by atoms with E-state index in [0.717, 1.165) is 12.8 Å². The molecule has 1 saturated carbocycles. The summed E-state index contributed by atoms with van der Waals surface area (Å²) in [5.41, 5.74) is 5.55. The Morgan fingerprint density at radius 1 is 1.20 bits per heavy atom. The van der Waals surface area contributed by atoms with Crippen LogP contribution in [0.1, 0.15) is 12.8 Å². The zero-order valence-electron chi connectivity index (χ0n) is 5.89. The van der Waals surface area contributed by atoms with Crippen LogP contribution in [0.25, 0.3) is 0 Å². The first-order valence-corrected chi connectivity index (χ1v) is 3.67. The van der Waals surface area contributed by atoms with Crippen molar-refractivity contribution in [2.24, 2.45) is 17.6 Å². The molecule has 60 valence electrons. The lowest BCUT2D eigenvalue weighted by Gasteiger charge is -2.15. The van der Waals surface area contributed by atoms with Crippen molar-refractivity contribution in [3.63, 3.8) is 0 Å². The average Bonchev–Trinajstić information content (AvgIpc) is 2.30. The van der Waals surface area contributed by atoms with E-state index in [-0.39, 0.29) is 17.9 Å². The van der Waals surface area contributed by atoms with Crippen LogP contribution in [0.4, 0.5) is 8.78 Å². The van der Waals surface area contributed by atoms with Crippen molar-refractivity contribution >= 4 is 0 Å². The van der Waals surface area contributed by atoms with Gasteiger partial charge in [0.2, 0.25) is 0 Å². The summed E-state index contributed by atoms with van der Waals surface area (Å²) >= 11 is 0. The van der Waals surface area contributed by atoms with Crippen molar-refractivity contribution < 1.29 is 8.78 Å². The molecule has 0 aromatic heterocycles. The van der Waals surface area contributed by atoms with E-state index in [9.17, 15) is 8.78 Å². The molecule has 0 bridgehead atoms. The third-order valence-electron chi connectivity index (χ3n) is 2.40. The summed E-state index contributed by atoms with van der Waals surface area (Å²) in [5, 5.41) is 0. The first kappa shape index (κ1) is 7.92. The maximum absolute atomic E-state index is 12.1. The Hall–Kier alpha value is -0.180. The van der Waals surface area contributed by atoms with Crippen molar-refractivity contribution in [3.8, 4) is 0 Å². The van der Waals surface area contributed by atoms with Crippen LogP contribution in [0.5, 0.6) is 0 Å². The first-order chi connectivity index (χ1) is 4.79. The summed E-state index contributed by atoms with van der Waals surface area (Å²) in [7, 11) is 0. The van der Waals surface area contributed by atoms with Crippen LogP contribution in [0.3, 0.4) is 0 Å². The van der Waals surface area contributed by atoms with Gasteiger partial charge in [0.05, 0.1) is 13.3 Å². The van der Waals surface area contributed by atoms with Crippen LogP contribution in [-0.4, -0.2) is 19.4 Å². The third kappa shape index (κ3) is 1.29. The van der Waals surface area contributed by atoms with Crippen molar-refractivity contribution in [3.05, 3.63) is 0 Å². The molecule has 3 atom stereocenters. The topological polar surface area (TPSA) is 26.0 Å². The molecule has 0 aromatic rings. The number of nitrogens with two attached hydrogens (primary N) is 1. The molecule has 0 heterocycles. The number of hydrogen-bond acceptors (Lipinski definition) is 1. The largest absolute Gasteiger partial charge is 0.327 e. The highest BCUT2D eigenvalue weighted by Gasteiger charge is 2.33. The van der Waals surface area contributed by atoms with Gasteiger partial charge >= 0.3 is 0 Å². The molecule has 2 N–H and O–H groups in total. The van der Waals surface area contributed by atoms with Crippen molar-refractivity contribution in [1.29, 1.82) is 0 Å². The molecular weight excluding hydrogens is 136 g/mol. The summed E-state index contributed by atoms with van der Waals surface area (Å²) < 4.78 is 24.2. The molecule has 0 saturated heterocycles. The summed E-state index contributed by atoms with van der Waals surface area (Å²) in [6.07, 6.45) is 1.54. The van der Waals surface area contributed by atoms with E-state index in [1.54, 1.807) is 0 Å². The first-order valence-electron chi connectivity index (χ1n) is 3.67. The van der Waals surface area contributed by atoms with Gasteiger partial charge in [-0.25, -0.2) is 0 Å². The van der Waals surface area contributed by atoms with Crippen LogP contribution in [0.2, 0.25) is 0 Å². The van der Waals surface area contributed by atoms with Crippen molar-refractivity contribution in [1.82, 2.24) is 0 Å². The molecule has 10 heavy (non-hydrogen) atoms. The molecule has 1 rings (SSSR count). The van der Waals surface area contributed by atoms with Gasteiger partial charge in [0.25, 0.3) is 0 Å². The van der Waals surface area contributed by atoms with E-state index in [2.05, 4.69) is 0 Å². The minimum Gasteiger partial charge on any atom is -0.327 e. The van der Waals surface area contributed by atoms with E-state index in [4.69, 9.17) is 5.73 Å². The predicted octanol–water partition coefficient (Wildman–Crippen LogP) is 1.28. The second-order valence-electron chi connectivity index (χ2n) is 2.97. The second kappa shape index (κ2) is 3.28. The molecule has 1 aliphatic rings. The third-order valence-corrected chi connectivity index (χ3v) is 2.40. The Balaban J connectivity index is 2.45. The van der Waals surface area contributed by atoms with Crippen LogP contribution in [-0.2, 0) is 0 Å². The molecule has 0 radical (unpaired) electrons. The Labute approximate surface area is 59.6 Å². The summed E-state index contributed by atoms with van der Waals surface area (Å²) in [4.78, 5) is 0. The van der Waals surface area contributed by atoms with Gasteiger partial charge in [-0.15, -0.1) is 0 Å². The zero-order valence-corrected chi connectivity index (χ0v) is 5.89. The van der Waals surface area contributed by atoms with Gasteiger partial charge in [-0.05, 0) is 18.8 Å². The Morgan fingerprint density at radius 2 is 1.90 bits per heavy atom. The minimum absolute atomic E-state index is 0.106. The molecule has 0 aromatic carbocycles. The number of rotatable bonds is 2. The van der Waals surface area contributed by atoms with Crippen molar-refractivity contribution in [2.45, 2.75) is 18.9 Å². The predicted molar refractivity (Wildman–Crippen MR) is 36.1 cm³/mol. The SMILES string of the molecule is NC1CCC(CF)C1CF. The van der Waals surface area contributed by atoms with Crippen LogP contribution >= 0.6 is 0 Å². The normalized spacial score (nSPS) is 40.5. The molecule has 0 amide bonds. The van der Waals surface area contributed by atoms with Gasteiger partial charge in [-0.2, -0.15) is 0 Å². The van der Waals surface area contributed by atoms with Crippen LogP contribution < -0.4 is 5.73 Å². The van der Waals surface area contributed by atoms with Gasteiger partial charge in [-0.1, -0.05) is 0 Å². The van der Waals surface area contributed by atoms with E-state index in [0.29, 0.717) is 0 Å². The van der Waals surface area contributed by atoms with Gasteiger partial charge < -0.3 is 5.73 Å². The smallest absolute Gasteiger partial charge is 0.0940 e. The summed E-state index contributed by atoms with van der Waals surface area (Å²) in [6.45, 7) is -0.877. The standard InChI is InChI=1S/C7H13F2N/c8-3-5-1-2-7(10)6(5)4-9/h5-7H,1-4,10H2. The van der Waals surface area contributed by atoms with Gasteiger partial charge in [0, 0.05) is 12.0 Å². The molecule has 0 aliphatic heterocycles.